The van der Waals surface area contributed by atoms with Crippen LogP contribution in [0.5, 0.6) is 0 Å². The van der Waals surface area contributed by atoms with Crippen molar-refractivity contribution in [2.45, 2.75) is 38.6 Å². The lowest BCUT2D eigenvalue weighted by atomic mass is 10.0. The molecule has 0 spiro atoms. The van der Waals surface area contributed by atoms with E-state index in [2.05, 4.69) is 0 Å². The fraction of sp³-hybridized carbons (Fsp3) is 0.889. The first-order chi connectivity index (χ1) is 6.24. The van der Waals surface area contributed by atoms with Gasteiger partial charge in [0.05, 0.1) is 0 Å². The maximum atomic E-state index is 10.8. The van der Waals surface area contributed by atoms with Crippen LogP contribution in [0, 0.1) is 0 Å². The maximum Gasteiger partial charge on any atom is 0.322 e. The van der Waals surface area contributed by atoms with Crippen molar-refractivity contribution in [2.75, 3.05) is 13.1 Å². The third-order valence-electron chi connectivity index (χ3n) is 2.32. The fourth-order valence-corrected chi connectivity index (χ4v) is 1.74. The van der Waals surface area contributed by atoms with Crippen LogP contribution in [0.1, 0.15) is 32.6 Å². The van der Waals surface area contributed by atoms with Gasteiger partial charge in [-0.15, -0.1) is 5.06 Å². The molecule has 13 heavy (non-hydrogen) atoms. The molecule has 1 fully saturated rings. The van der Waals surface area contributed by atoms with Crippen molar-refractivity contribution in [3.05, 3.63) is 0 Å². The van der Waals surface area contributed by atoms with Crippen LogP contribution in [0.4, 0.5) is 0 Å². The lowest BCUT2D eigenvalue weighted by molar-refractivity contribution is -0.206. The average molecular weight is 186 g/mol. The SMILES string of the molecule is CC(=O)ON1CCCC[C@@H]1CCN. The van der Waals surface area contributed by atoms with Crippen molar-refractivity contribution >= 4 is 5.97 Å². The minimum atomic E-state index is -0.232. The zero-order valence-corrected chi connectivity index (χ0v) is 8.16. The van der Waals surface area contributed by atoms with Gasteiger partial charge < -0.3 is 10.6 Å². The summed E-state index contributed by atoms with van der Waals surface area (Å²) < 4.78 is 0. The molecule has 0 aromatic rings. The van der Waals surface area contributed by atoms with Crippen molar-refractivity contribution in [3.63, 3.8) is 0 Å². The molecule has 76 valence electrons. The molecule has 0 amide bonds. The third kappa shape index (κ3) is 3.32. The van der Waals surface area contributed by atoms with E-state index in [1.165, 1.54) is 13.3 Å². The zero-order chi connectivity index (χ0) is 9.68. The van der Waals surface area contributed by atoms with Crippen LogP contribution in [0.15, 0.2) is 0 Å². The van der Waals surface area contributed by atoms with Crippen LogP contribution < -0.4 is 5.73 Å². The van der Waals surface area contributed by atoms with E-state index in [-0.39, 0.29) is 5.97 Å². The monoisotopic (exact) mass is 186 g/mol. The summed E-state index contributed by atoms with van der Waals surface area (Å²) >= 11 is 0. The summed E-state index contributed by atoms with van der Waals surface area (Å²) in [5, 5.41) is 1.79. The lowest BCUT2D eigenvalue weighted by Crippen LogP contribution is -2.41. The smallest absolute Gasteiger partial charge is 0.322 e. The molecule has 4 nitrogen and oxygen atoms in total. The van der Waals surface area contributed by atoms with Crippen molar-refractivity contribution < 1.29 is 9.63 Å². The number of hydrogen-bond donors (Lipinski definition) is 1. The van der Waals surface area contributed by atoms with Gasteiger partial charge in [-0.3, -0.25) is 4.79 Å². The van der Waals surface area contributed by atoms with E-state index in [1.54, 1.807) is 5.06 Å². The summed E-state index contributed by atoms with van der Waals surface area (Å²) in [5.41, 5.74) is 5.49. The van der Waals surface area contributed by atoms with Gasteiger partial charge in [0.15, 0.2) is 0 Å². The molecule has 0 bridgehead atoms. The summed E-state index contributed by atoms with van der Waals surface area (Å²) in [5.74, 6) is -0.232. The first-order valence-corrected chi connectivity index (χ1v) is 4.89. The Labute approximate surface area is 79.0 Å². The molecule has 0 radical (unpaired) electrons. The van der Waals surface area contributed by atoms with E-state index >= 15 is 0 Å². The van der Waals surface area contributed by atoms with E-state index in [1.807, 2.05) is 0 Å². The highest BCUT2D eigenvalue weighted by atomic mass is 16.7. The molecule has 1 heterocycles. The number of hydrogen-bond acceptors (Lipinski definition) is 4. The van der Waals surface area contributed by atoms with Crippen molar-refractivity contribution in [2.24, 2.45) is 5.73 Å². The molecule has 2 N–H and O–H groups in total. The quantitative estimate of drug-likeness (QED) is 0.703. The molecule has 1 aliphatic rings. The Balaban J connectivity index is 2.41. The summed E-state index contributed by atoms with van der Waals surface area (Å²) in [4.78, 5) is 15.9. The molecule has 1 atom stereocenters. The minimum Gasteiger partial charge on any atom is -0.368 e. The van der Waals surface area contributed by atoms with Gasteiger partial charge in [0.25, 0.3) is 0 Å². The molecule has 1 saturated heterocycles. The van der Waals surface area contributed by atoms with Gasteiger partial charge in [0, 0.05) is 19.5 Å². The van der Waals surface area contributed by atoms with Gasteiger partial charge in [-0.2, -0.15) is 0 Å². The molecule has 1 aliphatic heterocycles. The minimum absolute atomic E-state index is 0.232. The predicted octanol–water partition coefficient (Wildman–Crippen LogP) is 0.668. The first-order valence-electron chi connectivity index (χ1n) is 4.89. The van der Waals surface area contributed by atoms with E-state index < -0.39 is 0 Å². The highest BCUT2D eigenvalue weighted by Gasteiger charge is 2.23. The van der Waals surface area contributed by atoms with E-state index in [4.69, 9.17) is 10.6 Å². The predicted molar refractivity (Wildman–Crippen MR) is 49.8 cm³/mol. The van der Waals surface area contributed by atoms with Crippen molar-refractivity contribution in [1.29, 1.82) is 0 Å². The number of nitrogens with two attached hydrogens (primary N) is 1. The summed E-state index contributed by atoms with van der Waals surface area (Å²) in [6.07, 6.45) is 4.31. The molecule has 1 rings (SSSR count). The lowest BCUT2D eigenvalue weighted by Gasteiger charge is -2.33. The zero-order valence-electron chi connectivity index (χ0n) is 8.16. The van der Waals surface area contributed by atoms with Gasteiger partial charge in [0.1, 0.15) is 0 Å². The number of carbonyl (C=O) groups is 1. The largest absolute Gasteiger partial charge is 0.368 e. The molecular formula is C9H18N2O2. The fourth-order valence-electron chi connectivity index (χ4n) is 1.74. The Hall–Kier alpha value is -0.610. The number of piperidine rings is 1. The van der Waals surface area contributed by atoms with E-state index in [0.717, 1.165) is 25.8 Å². The second-order valence-electron chi connectivity index (χ2n) is 3.45. The number of carbonyl (C=O) groups excluding carboxylic acids is 1. The number of nitrogens with zero attached hydrogens (tertiary/aromatic N) is 1. The second-order valence-corrected chi connectivity index (χ2v) is 3.45. The first kappa shape index (κ1) is 10.5. The van der Waals surface area contributed by atoms with Gasteiger partial charge in [-0.1, -0.05) is 6.42 Å². The third-order valence-corrected chi connectivity index (χ3v) is 2.32. The van der Waals surface area contributed by atoms with Gasteiger partial charge in [-0.05, 0) is 25.8 Å². The molecule has 0 aromatic carbocycles. The summed E-state index contributed by atoms with van der Waals surface area (Å²) in [6.45, 7) is 2.95. The van der Waals surface area contributed by atoms with Crippen LogP contribution >= 0.6 is 0 Å². The van der Waals surface area contributed by atoms with Crippen LogP contribution in [0.2, 0.25) is 0 Å². The molecule has 0 saturated carbocycles. The number of rotatable bonds is 3. The Morgan fingerprint density at radius 2 is 2.38 bits per heavy atom. The second kappa shape index (κ2) is 5.19. The maximum absolute atomic E-state index is 10.8. The van der Waals surface area contributed by atoms with E-state index in [9.17, 15) is 4.79 Å². The normalized spacial score (nSPS) is 24.3. The average Bonchev–Trinajstić information content (AvgIpc) is 2.08. The molecule has 4 heteroatoms. The molecule has 0 aromatic heterocycles. The van der Waals surface area contributed by atoms with Crippen LogP contribution in [-0.4, -0.2) is 30.2 Å². The van der Waals surface area contributed by atoms with Crippen LogP contribution in [0.25, 0.3) is 0 Å². The van der Waals surface area contributed by atoms with Crippen molar-refractivity contribution in [1.82, 2.24) is 5.06 Å². The van der Waals surface area contributed by atoms with Crippen LogP contribution in [-0.2, 0) is 9.63 Å². The summed E-state index contributed by atoms with van der Waals surface area (Å²) in [7, 11) is 0. The van der Waals surface area contributed by atoms with Crippen molar-refractivity contribution in [3.8, 4) is 0 Å². The molecule has 0 aliphatic carbocycles. The van der Waals surface area contributed by atoms with E-state index in [0.29, 0.717) is 12.6 Å². The van der Waals surface area contributed by atoms with Gasteiger partial charge in [-0.25, -0.2) is 0 Å². The Morgan fingerprint density at radius 3 is 3.00 bits per heavy atom. The Bertz CT molecular complexity index is 171. The highest BCUT2D eigenvalue weighted by molar-refractivity contribution is 5.65. The van der Waals surface area contributed by atoms with Gasteiger partial charge >= 0.3 is 5.97 Å². The molecule has 0 unspecified atom stereocenters. The Morgan fingerprint density at radius 1 is 1.62 bits per heavy atom. The molecular weight excluding hydrogens is 168 g/mol. The standard InChI is InChI=1S/C9H18N2O2/c1-8(12)13-11-7-3-2-4-9(11)5-6-10/h9H,2-7,10H2,1H3/t9-/m1/s1. The summed E-state index contributed by atoms with van der Waals surface area (Å²) in [6, 6.07) is 0.336. The van der Waals surface area contributed by atoms with Gasteiger partial charge in [0.2, 0.25) is 0 Å². The number of hydroxylamine groups is 2. The Kier molecular flexibility index (Phi) is 4.18. The van der Waals surface area contributed by atoms with Crippen LogP contribution in [0.3, 0.4) is 0 Å². The highest BCUT2D eigenvalue weighted by Crippen LogP contribution is 2.19. The topological polar surface area (TPSA) is 55.6 Å².